The maximum absolute atomic E-state index is 13.5. The molecule has 2 aromatic carbocycles. The second kappa shape index (κ2) is 8.99. The van der Waals surface area contributed by atoms with Crippen LogP contribution in [0.2, 0.25) is 5.02 Å². The summed E-state index contributed by atoms with van der Waals surface area (Å²) in [5, 5.41) is 2.42. The SMILES string of the molecule is CC(NC(=O)c1sc(-c2ccccc2Cl)nc1C(F)(F)F)c1cccc(OC(F)(F)F)c1. The molecule has 3 aromatic rings. The largest absolute Gasteiger partial charge is 0.573 e. The Hall–Kier alpha value is -2.79. The summed E-state index contributed by atoms with van der Waals surface area (Å²) in [5.41, 5.74) is -0.949. The zero-order valence-electron chi connectivity index (χ0n) is 16.0. The molecule has 0 aliphatic carbocycles. The topological polar surface area (TPSA) is 51.2 Å². The number of hydrogen-bond acceptors (Lipinski definition) is 4. The van der Waals surface area contributed by atoms with Gasteiger partial charge in [-0.1, -0.05) is 41.9 Å². The molecule has 1 atom stereocenters. The molecule has 1 amide bonds. The van der Waals surface area contributed by atoms with Gasteiger partial charge in [-0.05, 0) is 30.7 Å². The van der Waals surface area contributed by atoms with Crippen molar-refractivity contribution in [3.63, 3.8) is 0 Å². The van der Waals surface area contributed by atoms with E-state index in [9.17, 15) is 31.1 Å². The van der Waals surface area contributed by atoms with E-state index in [4.69, 9.17) is 11.6 Å². The van der Waals surface area contributed by atoms with Crippen LogP contribution in [0, 0.1) is 0 Å². The summed E-state index contributed by atoms with van der Waals surface area (Å²) in [4.78, 5) is 15.5. The molecule has 0 radical (unpaired) electrons. The summed E-state index contributed by atoms with van der Waals surface area (Å²) in [7, 11) is 0. The van der Waals surface area contributed by atoms with Crippen LogP contribution in [-0.4, -0.2) is 17.3 Å². The van der Waals surface area contributed by atoms with Crippen LogP contribution in [0.25, 0.3) is 10.6 Å². The Labute approximate surface area is 186 Å². The number of hydrogen-bond donors (Lipinski definition) is 1. The van der Waals surface area contributed by atoms with Crippen molar-refractivity contribution in [2.24, 2.45) is 0 Å². The molecule has 0 aliphatic rings. The molecule has 0 bridgehead atoms. The number of nitrogens with zero attached hydrogens (tertiary/aromatic N) is 1. The lowest BCUT2D eigenvalue weighted by Crippen LogP contribution is -2.28. The first-order valence-corrected chi connectivity index (χ1v) is 10.0. The van der Waals surface area contributed by atoms with Gasteiger partial charge in [0.15, 0.2) is 5.69 Å². The van der Waals surface area contributed by atoms with E-state index in [0.29, 0.717) is 11.3 Å². The van der Waals surface area contributed by atoms with Crippen LogP contribution in [0.4, 0.5) is 26.3 Å². The average Bonchev–Trinajstić information content (AvgIpc) is 3.13. The number of ether oxygens (including phenoxy) is 1. The van der Waals surface area contributed by atoms with E-state index < -0.39 is 40.8 Å². The molecule has 1 aromatic heterocycles. The Balaban J connectivity index is 1.89. The van der Waals surface area contributed by atoms with Crippen molar-refractivity contribution in [1.82, 2.24) is 10.3 Å². The Morgan fingerprint density at radius 2 is 1.78 bits per heavy atom. The van der Waals surface area contributed by atoms with Gasteiger partial charge in [0.25, 0.3) is 5.91 Å². The molecule has 12 heteroatoms. The van der Waals surface area contributed by atoms with Crippen molar-refractivity contribution in [1.29, 1.82) is 0 Å². The Kier molecular flexibility index (Phi) is 6.70. The summed E-state index contributed by atoms with van der Waals surface area (Å²) in [6.07, 6.45) is -9.82. The maximum atomic E-state index is 13.5. The second-order valence-corrected chi connectivity index (χ2v) is 7.90. The van der Waals surface area contributed by atoms with Crippen LogP contribution in [0.5, 0.6) is 5.75 Å². The summed E-state index contributed by atoms with van der Waals surface area (Å²) < 4.78 is 81.6. The number of carbonyl (C=O) groups is 1. The predicted octanol–water partition coefficient (Wildman–Crippen LogP) is 6.87. The van der Waals surface area contributed by atoms with Crippen molar-refractivity contribution in [3.8, 4) is 16.3 Å². The maximum Gasteiger partial charge on any atom is 0.573 e. The van der Waals surface area contributed by atoms with Crippen LogP contribution in [0.15, 0.2) is 48.5 Å². The van der Waals surface area contributed by atoms with Gasteiger partial charge in [-0.2, -0.15) is 13.2 Å². The number of nitrogens with one attached hydrogen (secondary N) is 1. The minimum atomic E-state index is -4.91. The third-order valence-corrected chi connectivity index (χ3v) is 5.56. The van der Waals surface area contributed by atoms with Crippen LogP contribution < -0.4 is 10.1 Å². The quantitative estimate of drug-likeness (QED) is 0.394. The van der Waals surface area contributed by atoms with Gasteiger partial charge in [-0.3, -0.25) is 4.79 Å². The van der Waals surface area contributed by atoms with Gasteiger partial charge in [-0.25, -0.2) is 4.98 Å². The van der Waals surface area contributed by atoms with Crippen molar-refractivity contribution >= 4 is 28.8 Å². The highest BCUT2D eigenvalue weighted by Gasteiger charge is 2.40. The first kappa shape index (κ1) is 23.9. The number of rotatable bonds is 5. The minimum absolute atomic E-state index is 0.0960. The van der Waals surface area contributed by atoms with Crippen LogP contribution in [-0.2, 0) is 6.18 Å². The lowest BCUT2D eigenvalue weighted by atomic mass is 10.1. The standard InChI is InChI=1S/C20H13ClF6N2O2S/c1-10(11-5-4-6-12(9-11)31-20(25,26)27)28-17(30)15-16(19(22,23)24)29-18(32-15)13-7-2-3-8-14(13)21/h2-10H,1H3,(H,28,30). The molecule has 0 saturated heterocycles. The summed E-state index contributed by atoms with van der Waals surface area (Å²) >= 11 is 6.54. The number of halogens is 7. The highest BCUT2D eigenvalue weighted by molar-refractivity contribution is 7.17. The molecule has 0 aliphatic heterocycles. The number of alkyl halides is 6. The third-order valence-electron chi connectivity index (χ3n) is 4.15. The van der Waals surface area contributed by atoms with Gasteiger partial charge < -0.3 is 10.1 Å². The van der Waals surface area contributed by atoms with Gasteiger partial charge in [-0.15, -0.1) is 24.5 Å². The number of carbonyl (C=O) groups excluding carboxylic acids is 1. The molecule has 3 rings (SSSR count). The molecule has 0 saturated carbocycles. The first-order chi connectivity index (χ1) is 14.8. The fourth-order valence-electron chi connectivity index (χ4n) is 2.74. The molecule has 1 heterocycles. The molecule has 1 unspecified atom stereocenters. The highest BCUT2D eigenvalue weighted by Crippen LogP contribution is 2.39. The molecule has 170 valence electrons. The van der Waals surface area contributed by atoms with Gasteiger partial charge in [0.2, 0.25) is 0 Å². The van der Waals surface area contributed by atoms with E-state index in [1.165, 1.54) is 31.2 Å². The van der Waals surface area contributed by atoms with Gasteiger partial charge in [0.1, 0.15) is 15.6 Å². The Morgan fingerprint density at radius 3 is 2.41 bits per heavy atom. The normalized spacial score (nSPS) is 13.0. The van der Waals surface area contributed by atoms with Crippen molar-refractivity contribution in [2.45, 2.75) is 25.5 Å². The van der Waals surface area contributed by atoms with Crippen LogP contribution in [0.3, 0.4) is 0 Å². The highest BCUT2D eigenvalue weighted by atomic mass is 35.5. The van der Waals surface area contributed by atoms with Crippen molar-refractivity contribution < 1.29 is 35.9 Å². The number of thiazole rings is 1. The second-order valence-electron chi connectivity index (χ2n) is 6.49. The molecule has 0 fully saturated rings. The minimum Gasteiger partial charge on any atom is -0.406 e. The van der Waals surface area contributed by atoms with Gasteiger partial charge >= 0.3 is 12.5 Å². The zero-order valence-corrected chi connectivity index (χ0v) is 17.6. The first-order valence-electron chi connectivity index (χ1n) is 8.84. The van der Waals surface area contributed by atoms with Gasteiger partial charge in [0.05, 0.1) is 11.1 Å². The van der Waals surface area contributed by atoms with Crippen molar-refractivity contribution in [3.05, 3.63) is 69.7 Å². The summed E-state index contributed by atoms with van der Waals surface area (Å²) in [5.74, 6) is -1.60. The number of aromatic nitrogens is 1. The average molecular weight is 495 g/mol. The van der Waals surface area contributed by atoms with Gasteiger partial charge in [0, 0.05) is 5.56 Å². The summed E-state index contributed by atoms with van der Waals surface area (Å²) in [6, 6.07) is 9.94. The lowest BCUT2D eigenvalue weighted by molar-refractivity contribution is -0.274. The van der Waals surface area contributed by atoms with E-state index in [1.54, 1.807) is 12.1 Å². The number of amides is 1. The predicted molar refractivity (Wildman–Crippen MR) is 107 cm³/mol. The molecular formula is C20H13ClF6N2O2S. The molecule has 1 N–H and O–H groups in total. The monoisotopic (exact) mass is 494 g/mol. The van der Waals surface area contributed by atoms with E-state index in [-0.39, 0.29) is 21.2 Å². The van der Waals surface area contributed by atoms with E-state index in [0.717, 1.165) is 12.1 Å². The Morgan fingerprint density at radius 1 is 1.09 bits per heavy atom. The fourth-order valence-corrected chi connectivity index (χ4v) is 4.05. The summed E-state index contributed by atoms with van der Waals surface area (Å²) in [6.45, 7) is 1.41. The zero-order chi connectivity index (χ0) is 23.7. The number of benzene rings is 2. The van der Waals surface area contributed by atoms with E-state index >= 15 is 0 Å². The smallest absolute Gasteiger partial charge is 0.406 e. The molecule has 32 heavy (non-hydrogen) atoms. The third kappa shape index (κ3) is 5.71. The van der Waals surface area contributed by atoms with Crippen molar-refractivity contribution in [2.75, 3.05) is 0 Å². The molecule has 0 spiro atoms. The van der Waals surface area contributed by atoms with Crippen LogP contribution >= 0.6 is 22.9 Å². The molecule has 4 nitrogen and oxygen atoms in total. The fraction of sp³-hybridized carbons (Fsp3) is 0.200. The van der Waals surface area contributed by atoms with E-state index in [1.807, 2.05) is 0 Å². The molecular weight excluding hydrogens is 482 g/mol. The Bertz CT molecular complexity index is 1130. The van der Waals surface area contributed by atoms with Crippen LogP contribution in [0.1, 0.15) is 33.9 Å². The van der Waals surface area contributed by atoms with E-state index in [2.05, 4.69) is 15.0 Å². The lowest BCUT2D eigenvalue weighted by Gasteiger charge is -2.16.